The van der Waals surface area contributed by atoms with Gasteiger partial charge in [-0.2, -0.15) is 0 Å². The Morgan fingerprint density at radius 2 is 1.92 bits per heavy atom. The fourth-order valence-electron chi connectivity index (χ4n) is 2.46. The van der Waals surface area contributed by atoms with Crippen LogP contribution in [0.2, 0.25) is 0 Å². The molecule has 24 heavy (non-hydrogen) atoms. The third kappa shape index (κ3) is 3.07. The Labute approximate surface area is 142 Å². The van der Waals surface area contributed by atoms with Gasteiger partial charge in [0.05, 0.1) is 17.0 Å². The molecular formula is C17H17N3O3S. The predicted octanol–water partition coefficient (Wildman–Crippen LogP) is 3.59. The molecule has 3 aromatic rings. The topological polar surface area (TPSA) is 85.1 Å². The average Bonchev–Trinajstić information content (AvgIpc) is 3.04. The van der Waals surface area contributed by atoms with Crippen LogP contribution in [0, 0.1) is 20.8 Å². The van der Waals surface area contributed by atoms with Crippen LogP contribution in [-0.2, 0) is 11.2 Å². The van der Waals surface area contributed by atoms with Crippen molar-refractivity contribution in [2.75, 3.05) is 5.32 Å². The molecule has 124 valence electrons. The highest BCUT2D eigenvalue weighted by atomic mass is 32.1. The molecule has 0 aliphatic heterocycles. The number of amides is 1. The summed E-state index contributed by atoms with van der Waals surface area (Å²) in [4.78, 5) is 28.5. The molecule has 0 bridgehead atoms. The second-order valence-corrected chi connectivity index (χ2v) is 6.78. The van der Waals surface area contributed by atoms with Crippen molar-refractivity contribution in [1.29, 1.82) is 0 Å². The first kappa shape index (κ1) is 16.3. The Balaban J connectivity index is 1.79. The van der Waals surface area contributed by atoms with Crippen LogP contribution < -0.4 is 5.32 Å². The smallest absolute Gasteiger partial charge is 0.232 e. The van der Waals surface area contributed by atoms with Gasteiger partial charge in [-0.1, -0.05) is 16.5 Å². The Kier molecular flexibility index (Phi) is 4.19. The number of benzene rings is 1. The molecule has 7 heteroatoms. The highest BCUT2D eigenvalue weighted by molar-refractivity contribution is 7.17. The Bertz CT molecular complexity index is 956. The summed E-state index contributed by atoms with van der Waals surface area (Å²) in [6.07, 6.45) is 0.0868. The van der Waals surface area contributed by atoms with Crippen LogP contribution in [0.3, 0.4) is 0 Å². The molecule has 0 fully saturated rings. The van der Waals surface area contributed by atoms with Gasteiger partial charge >= 0.3 is 0 Å². The zero-order valence-corrected chi connectivity index (χ0v) is 14.7. The van der Waals surface area contributed by atoms with Gasteiger partial charge in [0, 0.05) is 12.3 Å². The molecule has 1 amide bonds. The fraction of sp³-hybridized carbons (Fsp3) is 0.294. The van der Waals surface area contributed by atoms with E-state index in [4.69, 9.17) is 4.52 Å². The SMILES string of the molecule is CC(=O)c1sc(NC(=O)Cc2noc3cc(C)c(C)cc23)nc1C. The van der Waals surface area contributed by atoms with Crippen LogP contribution >= 0.6 is 11.3 Å². The molecule has 2 aromatic heterocycles. The van der Waals surface area contributed by atoms with E-state index in [0.717, 1.165) is 16.5 Å². The van der Waals surface area contributed by atoms with E-state index in [-0.39, 0.29) is 18.1 Å². The number of rotatable bonds is 4. The van der Waals surface area contributed by atoms with Gasteiger partial charge in [0.2, 0.25) is 5.91 Å². The lowest BCUT2D eigenvalue weighted by Crippen LogP contribution is -2.14. The van der Waals surface area contributed by atoms with Gasteiger partial charge < -0.3 is 9.84 Å². The Morgan fingerprint density at radius 3 is 2.58 bits per heavy atom. The maximum absolute atomic E-state index is 12.3. The van der Waals surface area contributed by atoms with Gasteiger partial charge in [-0.05, 0) is 44.0 Å². The van der Waals surface area contributed by atoms with Crippen molar-refractivity contribution >= 4 is 39.1 Å². The van der Waals surface area contributed by atoms with Crippen molar-refractivity contribution in [3.8, 4) is 0 Å². The molecule has 6 nitrogen and oxygen atoms in total. The summed E-state index contributed by atoms with van der Waals surface area (Å²) in [6, 6.07) is 3.90. The van der Waals surface area contributed by atoms with Crippen LogP contribution in [0.5, 0.6) is 0 Å². The highest BCUT2D eigenvalue weighted by Crippen LogP contribution is 2.25. The molecular weight excluding hydrogens is 326 g/mol. The van der Waals surface area contributed by atoms with Gasteiger partial charge in [0.15, 0.2) is 16.5 Å². The average molecular weight is 343 g/mol. The van der Waals surface area contributed by atoms with E-state index in [1.807, 2.05) is 26.0 Å². The normalized spacial score (nSPS) is 11.0. The van der Waals surface area contributed by atoms with Gasteiger partial charge in [-0.15, -0.1) is 0 Å². The molecule has 0 unspecified atom stereocenters. The first-order valence-electron chi connectivity index (χ1n) is 7.49. The molecule has 0 atom stereocenters. The molecule has 1 aromatic carbocycles. The molecule has 2 heterocycles. The number of fused-ring (bicyclic) bond motifs is 1. The van der Waals surface area contributed by atoms with Crippen molar-refractivity contribution < 1.29 is 14.1 Å². The molecule has 0 spiro atoms. The zero-order chi connectivity index (χ0) is 17.4. The monoisotopic (exact) mass is 343 g/mol. The predicted molar refractivity (Wildman–Crippen MR) is 92.7 cm³/mol. The summed E-state index contributed by atoms with van der Waals surface area (Å²) in [5.41, 5.74) is 4.12. The molecule has 0 aliphatic rings. The van der Waals surface area contributed by atoms with E-state index in [1.165, 1.54) is 18.3 Å². The molecule has 1 N–H and O–H groups in total. The van der Waals surface area contributed by atoms with E-state index in [9.17, 15) is 9.59 Å². The van der Waals surface area contributed by atoms with Gasteiger partial charge in [-0.3, -0.25) is 9.59 Å². The number of aryl methyl sites for hydroxylation is 3. The number of Topliss-reactive ketones (excluding diaryl/α,β-unsaturated/α-hetero) is 1. The van der Waals surface area contributed by atoms with E-state index < -0.39 is 0 Å². The van der Waals surface area contributed by atoms with Crippen LogP contribution in [0.25, 0.3) is 11.0 Å². The number of nitrogens with one attached hydrogen (secondary N) is 1. The standard InChI is InChI=1S/C17H17N3O3S/c1-8-5-12-13(20-23-14(12)6-9(8)2)7-15(22)19-17-18-10(3)16(24-17)11(4)21/h5-6H,7H2,1-4H3,(H,18,19,22). The summed E-state index contributed by atoms with van der Waals surface area (Å²) < 4.78 is 5.30. The summed E-state index contributed by atoms with van der Waals surface area (Å²) in [6.45, 7) is 7.24. The lowest BCUT2D eigenvalue weighted by Gasteiger charge is -2.01. The summed E-state index contributed by atoms with van der Waals surface area (Å²) >= 11 is 1.18. The number of nitrogens with zero attached hydrogens (tertiary/aromatic N) is 2. The van der Waals surface area contributed by atoms with E-state index in [0.29, 0.717) is 27.0 Å². The van der Waals surface area contributed by atoms with Crippen LogP contribution in [0.4, 0.5) is 5.13 Å². The number of anilines is 1. The maximum atomic E-state index is 12.3. The third-order valence-electron chi connectivity index (χ3n) is 3.85. The van der Waals surface area contributed by atoms with Gasteiger partial charge in [-0.25, -0.2) is 4.98 Å². The van der Waals surface area contributed by atoms with Crippen molar-refractivity contribution in [3.63, 3.8) is 0 Å². The molecule has 0 saturated carbocycles. The molecule has 0 saturated heterocycles. The van der Waals surface area contributed by atoms with E-state index in [2.05, 4.69) is 15.5 Å². The van der Waals surface area contributed by atoms with Crippen LogP contribution in [-0.4, -0.2) is 21.8 Å². The maximum Gasteiger partial charge on any atom is 0.232 e. The van der Waals surface area contributed by atoms with Crippen molar-refractivity contribution in [2.24, 2.45) is 0 Å². The second-order valence-electron chi connectivity index (χ2n) is 5.78. The minimum absolute atomic E-state index is 0.0566. The molecule has 3 rings (SSSR count). The minimum atomic E-state index is -0.243. The molecule has 0 radical (unpaired) electrons. The number of aromatic nitrogens is 2. The number of carbonyl (C=O) groups is 2. The van der Waals surface area contributed by atoms with Crippen LogP contribution in [0.1, 0.15) is 39.1 Å². The summed E-state index contributed by atoms with van der Waals surface area (Å²) in [5.74, 6) is -0.300. The summed E-state index contributed by atoms with van der Waals surface area (Å²) in [5, 5.41) is 7.98. The number of carbonyl (C=O) groups excluding carboxylic acids is 2. The van der Waals surface area contributed by atoms with Crippen LogP contribution in [0.15, 0.2) is 16.7 Å². The number of thiazole rings is 1. The fourth-order valence-corrected chi connectivity index (χ4v) is 3.34. The number of hydrogen-bond acceptors (Lipinski definition) is 6. The largest absolute Gasteiger partial charge is 0.356 e. The Hall–Kier alpha value is -2.54. The third-order valence-corrected chi connectivity index (χ3v) is 5.03. The number of ketones is 1. The highest BCUT2D eigenvalue weighted by Gasteiger charge is 2.16. The number of hydrogen-bond donors (Lipinski definition) is 1. The van der Waals surface area contributed by atoms with E-state index in [1.54, 1.807) is 6.92 Å². The van der Waals surface area contributed by atoms with Gasteiger partial charge in [0.25, 0.3) is 0 Å². The quantitative estimate of drug-likeness (QED) is 0.732. The van der Waals surface area contributed by atoms with Crippen molar-refractivity contribution in [3.05, 3.63) is 39.5 Å². The minimum Gasteiger partial charge on any atom is -0.356 e. The molecule has 0 aliphatic carbocycles. The van der Waals surface area contributed by atoms with Crippen molar-refractivity contribution in [2.45, 2.75) is 34.1 Å². The first-order chi connectivity index (χ1) is 11.3. The second kappa shape index (κ2) is 6.16. The lowest BCUT2D eigenvalue weighted by atomic mass is 10.1. The van der Waals surface area contributed by atoms with Gasteiger partial charge in [0.1, 0.15) is 5.69 Å². The first-order valence-corrected chi connectivity index (χ1v) is 8.30. The lowest BCUT2D eigenvalue weighted by molar-refractivity contribution is -0.115. The van der Waals surface area contributed by atoms with Crippen molar-refractivity contribution in [1.82, 2.24) is 10.1 Å². The van der Waals surface area contributed by atoms with E-state index >= 15 is 0 Å². The zero-order valence-electron chi connectivity index (χ0n) is 13.9. The summed E-state index contributed by atoms with van der Waals surface area (Å²) in [7, 11) is 0. The Morgan fingerprint density at radius 1 is 1.21 bits per heavy atom.